The summed E-state index contributed by atoms with van der Waals surface area (Å²) in [5, 5.41) is 16.8. The molecule has 104 valence electrons. The average Bonchev–Trinajstić information content (AvgIpc) is 2.90. The van der Waals surface area contributed by atoms with Gasteiger partial charge in [0.15, 0.2) is 5.82 Å². The van der Waals surface area contributed by atoms with Crippen molar-refractivity contribution in [3.63, 3.8) is 0 Å². The second-order valence-corrected chi connectivity index (χ2v) is 4.50. The van der Waals surface area contributed by atoms with E-state index in [9.17, 15) is 19.3 Å². The highest BCUT2D eigenvalue weighted by Gasteiger charge is 2.23. The molecule has 0 fully saturated rings. The maximum Gasteiger partial charge on any atom is 0.285 e. The number of carbonyl (C=O) groups excluding carboxylic acids is 1. The van der Waals surface area contributed by atoms with E-state index in [0.29, 0.717) is 11.8 Å². The predicted octanol–water partition coefficient (Wildman–Crippen LogP) is 2.33. The molecule has 0 spiro atoms. The fourth-order valence-corrected chi connectivity index (χ4v) is 2.13. The molecule has 0 atom stereocenters. The van der Waals surface area contributed by atoms with Crippen LogP contribution >= 0.6 is 11.3 Å². The summed E-state index contributed by atoms with van der Waals surface area (Å²) in [5.41, 5.74) is 1.43. The largest absolute Gasteiger partial charge is 0.321 e. The molecule has 2 aromatic rings. The molecule has 2 rings (SSSR count). The number of nitrogens with one attached hydrogen (secondary N) is 2. The third kappa shape index (κ3) is 2.73. The van der Waals surface area contributed by atoms with Crippen LogP contribution in [0.4, 0.5) is 21.5 Å². The molecule has 7 nitrogen and oxygen atoms in total. The highest BCUT2D eigenvalue weighted by Crippen LogP contribution is 2.26. The molecule has 0 saturated carbocycles. The van der Waals surface area contributed by atoms with Gasteiger partial charge < -0.3 is 10.7 Å². The average molecular weight is 296 g/mol. The number of carbonyl (C=O) groups is 1. The van der Waals surface area contributed by atoms with Gasteiger partial charge in [-0.15, -0.1) is 0 Å². The number of anilines is 2. The van der Waals surface area contributed by atoms with Crippen molar-refractivity contribution in [1.29, 1.82) is 0 Å². The number of nitrogens with zero attached hydrogens (tertiary/aromatic N) is 1. The lowest BCUT2D eigenvalue weighted by Gasteiger charge is -2.07. The summed E-state index contributed by atoms with van der Waals surface area (Å²) >= 11 is 1.36. The lowest BCUT2D eigenvalue weighted by molar-refractivity contribution is -0.385. The van der Waals surface area contributed by atoms with Crippen molar-refractivity contribution < 1.29 is 14.1 Å². The number of hydrogen-bond donors (Lipinski definition) is 3. The van der Waals surface area contributed by atoms with Crippen LogP contribution in [0.5, 0.6) is 0 Å². The molecule has 0 saturated heterocycles. The first-order valence-electron chi connectivity index (χ1n) is 5.31. The molecule has 0 radical (unpaired) electrons. The van der Waals surface area contributed by atoms with Gasteiger partial charge in [-0.1, -0.05) is 0 Å². The van der Waals surface area contributed by atoms with Gasteiger partial charge in [0.05, 0.1) is 22.4 Å². The summed E-state index contributed by atoms with van der Waals surface area (Å²) in [7, 11) is 0. The number of hydrazine groups is 1. The van der Waals surface area contributed by atoms with E-state index in [0.717, 1.165) is 6.07 Å². The summed E-state index contributed by atoms with van der Waals surface area (Å²) in [5.74, 6) is 3.47. The Balaban J connectivity index is 2.42. The number of nitrogen functional groups attached to an aromatic ring is 1. The van der Waals surface area contributed by atoms with E-state index in [1.807, 2.05) is 5.43 Å². The van der Waals surface area contributed by atoms with Gasteiger partial charge in [0.25, 0.3) is 11.6 Å². The molecule has 4 N–H and O–H groups in total. The first kappa shape index (κ1) is 13.9. The first-order valence-corrected chi connectivity index (χ1v) is 6.25. The number of thiophene rings is 1. The number of halogens is 1. The summed E-state index contributed by atoms with van der Waals surface area (Å²) in [4.78, 5) is 22.1. The molecule has 0 bridgehead atoms. The Morgan fingerprint density at radius 2 is 2.20 bits per heavy atom. The SMILES string of the molecule is NNc1cc(C(=O)Nc2ccsc2)c([N+](=O)[O-])cc1F. The Morgan fingerprint density at radius 1 is 1.45 bits per heavy atom. The number of nitro groups is 1. The summed E-state index contributed by atoms with van der Waals surface area (Å²) in [6.07, 6.45) is 0. The van der Waals surface area contributed by atoms with Gasteiger partial charge >= 0.3 is 0 Å². The molecular weight excluding hydrogens is 287 g/mol. The summed E-state index contributed by atoms with van der Waals surface area (Å²) < 4.78 is 13.5. The molecule has 0 aliphatic carbocycles. The maximum atomic E-state index is 13.5. The number of benzene rings is 1. The summed E-state index contributed by atoms with van der Waals surface area (Å²) in [6.45, 7) is 0. The van der Waals surface area contributed by atoms with Gasteiger partial charge in [0, 0.05) is 5.38 Å². The van der Waals surface area contributed by atoms with Crippen LogP contribution in [-0.4, -0.2) is 10.8 Å². The minimum atomic E-state index is -0.911. The number of rotatable bonds is 4. The Labute approximate surface area is 116 Å². The molecule has 0 unspecified atom stereocenters. The zero-order valence-corrected chi connectivity index (χ0v) is 10.7. The lowest BCUT2D eigenvalue weighted by atomic mass is 10.1. The molecule has 20 heavy (non-hydrogen) atoms. The maximum absolute atomic E-state index is 13.5. The number of amides is 1. The van der Waals surface area contributed by atoms with Gasteiger partial charge in [0.1, 0.15) is 5.56 Å². The van der Waals surface area contributed by atoms with E-state index in [2.05, 4.69) is 5.32 Å². The van der Waals surface area contributed by atoms with Crippen LogP contribution in [0.1, 0.15) is 10.4 Å². The van der Waals surface area contributed by atoms with Crippen molar-refractivity contribution in [2.45, 2.75) is 0 Å². The van der Waals surface area contributed by atoms with Crippen LogP contribution in [0.3, 0.4) is 0 Å². The zero-order chi connectivity index (χ0) is 14.7. The number of nitro benzene ring substituents is 1. The monoisotopic (exact) mass is 296 g/mol. The fourth-order valence-electron chi connectivity index (χ4n) is 1.54. The van der Waals surface area contributed by atoms with E-state index in [-0.39, 0.29) is 11.3 Å². The van der Waals surface area contributed by atoms with Crippen LogP contribution in [0.2, 0.25) is 0 Å². The van der Waals surface area contributed by atoms with Crippen LogP contribution < -0.4 is 16.6 Å². The van der Waals surface area contributed by atoms with E-state index in [4.69, 9.17) is 5.84 Å². The third-order valence-corrected chi connectivity index (χ3v) is 3.14. The Hall–Kier alpha value is -2.52. The van der Waals surface area contributed by atoms with E-state index >= 15 is 0 Å². The minimum Gasteiger partial charge on any atom is -0.321 e. The van der Waals surface area contributed by atoms with Crippen molar-refractivity contribution in [2.24, 2.45) is 5.84 Å². The second-order valence-electron chi connectivity index (χ2n) is 3.72. The quantitative estimate of drug-likeness (QED) is 0.455. The van der Waals surface area contributed by atoms with Crippen molar-refractivity contribution in [2.75, 3.05) is 10.7 Å². The molecule has 0 aliphatic heterocycles. The first-order chi connectivity index (χ1) is 9.52. The van der Waals surface area contributed by atoms with Gasteiger partial charge in [-0.2, -0.15) is 11.3 Å². The minimum absolute atomic E-state index is 0.203. The highest BCUT2D eigenvalue weighted by molar-refractivity contribution is 7.08. The van der Waals surface area contributed by atoms with Crippen LogP contribution in [0.25, 0.3) is 0 Å². The third-order valence-electron chi connectivity index (χ3n) is 2.46. The smallest absolute Gasteiger partial charge is 0.285 e. The standard InChI is InChI=1S/C11H9FN4O3S/c12-8-4-10(16(18)19)7(3-9(8)15-13)11(17)14-6-1-2-20-5-6/h1-5,15H,13H2,(H,14,17). The molecule has 9 heteroatoms. The van der Waals surface area contributed by atoms with Crippen molar-refractivity contribution in [3.8, 4) is 0 Å². The Kier molecular flexibility index (Phi) is 3.91. The molecule has 0 aliphatic rings. The van der Waals surface area contributed by atoms with Gasteiger partial charge in [-0.3, -0.25) is 20.8 Å². The molecular formula is C11H9FN4O3S. The van der Waals surface area contributed by atoms with Crippen molar-refractivity contribution in [3.05, 3.63) is 50.5 Å². The van der Waals surface area contributed by atoms with Crippen LogP contribution in [0.15, 0.2) is 29.0 Å². The van der Waals surface area contributed by atoms with E-state index in [1.165, 1.54) is 11.3 Å². The lowest BCUT2D eigenvalue weighted by Crippen LogP contribution is -2.16. The van der Waals surface area contributed by atoms with E-state index < -0.39 is 22.3 Å². The highest BCUT2D eigenvalue weighted by atomic mass is 32.1. The predicted molar refractivity (Wildman–Crippen MR) is 73.1 cm³/mol. The van der Waals surface area contributed by atoms with E-state index in [1.54, 1.807) is 16.8 Å². The zero-order valence-electron chi connectivity index (χ0n) is 9.92. The van der Waals surface area contributed by atoms with Crippen LogP contribution in [-0.2, 0) is 0 Å². The molecule has 1 aromatic carbocycles. The van der Waals surface area contributed by atoms with Crippen LogP contribution in [0, 0.1) is 15.9 Å². The normalized spacial score (nSPS) is 10.1. The number of nitrogens with two attached hydrogens (primary N) is 1. The topological polar surface area (TPSA) is 110 Å². The van der Waals surface area contributed by atoms with Gasteiger partial charge in [-0.25, -0.2) is 4.39 Å². The molecule has 1 heterocycles. The molecule has 1 aromatic heterocycles. The Bertz CT molecular complexity index is 660. The second kappa shape index (κ2) is 5.63. The fraction of sp³-hybridized carbons (Fsp3) is 0. The Morgan fingerprint density at radius 3 is 2.75 bits per heavy atom. The van der Waals surface area contributed by atoms with Crippen molar-refractivity contribution >= 4 is 34.3 Å². The van der Waals surface area contributed by atoms with Gasteiger partial charge in [0.2, 0.25) is 0 Å². The van der Waals surface area contributed by atoms with Gasteiger partial charge in [-0.05, 0) is 17.5 Å². The molecule has 1 amide bonds. The van der Waals surface area contributed by atoms with Crippen molar-refractivity contribution in [1.82, 2.24) is 0 Å². The summed E-state index contributed by atoms with van der Waals surface area (Å²) in [6, 6.07) is 3.28. The number of hydrogen-bond acceptors (Lipinski definition) is 6.